The molecule has 1 aromatic carbocycles. The summed E-state index contributed by atoms with van der Waals surface area (Å²) >= 11 is 2.99. The Morgan fingerprint density at radius 1 is 1.36 bits per heavy atom. The van der Waals surface area contributed by atoms with Crippen LogP contribution in [0.1, 0.15) is 12.5 Å². The normalized spacial score (nSPS) is 12.3. The van der Waals surface area contributed by atoms with Crippen LogP contribution in [0, 0.1) is 6.92 Å². The van der Waals surface area contributed by atoms with E-state index in [1.807, 2.05) is 16.8 Å². The largest absolute Gasteiger partial charge is 0.374 e. The number of aliphatic hydroxyl groups excluding tert-OH is 1. The second kappa shape index (κ2) is 6.47. The molecule has 0 fully saturated rings. The second-order valence-electron chi connectivity index (χ2n) is 4.72. The molecule has 3 rings (SSSR count). The first-order valence-electron chi connectivity index (χ1n) is 6.67. The maximum Gasteiger partial charge on any atom is 0.208 e. The third-order valence-electron chi connectivity index (χ3n) is 2.90. The summed E-state index contributed by atoms with van der Waals surface area (Å²) in [6.07, 6.45) is 4.82. The van der Waals surface area contributed by atoms with Crippen molar-refractivity contribution in [2.24, 2.45) is 0 Å². The molecule has 1 atom stereocenters. The van der Waals surface area contributed by atoms with Crippen LogP contribution >= 0.6 is 23.1 Å². The third-order valence-corrected chi connectivity index (χ3v) is 4.98. The number of aromatic nitrogens is 4. The Balaban J connectivity index is 1.76. The summed E-state index contributed by atoms with van der Waals surface area (Å²) < 4.78 is 2.80. The van der Waals surface area contributed by atoms with E-state index in [0.29, 0.717) is 5.13 Å². The van der Waals surface area contributed by atoms with Crippen LogP contribution < -0.4 is 5.32 Å². The SMILES string of the molecule is Cc1cc(-n2ccnc2)ccc1Sc1nnc(NC(C)O)s1. The van der Waals surface area contributed by atoms with Gasteiger partial charge in [-0.05, 0) is 37.6 Å². The number of hydrogen-bond acceptors (Lipinski definition) is 7. The van der Waals surface area contributed by atoms with Gasteiger partial charge in [0.2, 0.25) is 5.13 Å². The number of anilines is 1. The molecule has 2 N–H and O–H groups in total. The van der Waals surface area contributed by atoms with Crippen LogP contribution in [0.2, 0.25) is 0 Å². The average Bonchev–Trinajstić information content (AvgIpc) is 3.12. The molecule has 8 heteroatoms. The van der Waals surface area contributed by atoms with E-state index in [9.17, 15) is 5.11 Å². The molecule has 2 heterocycles. The van der Waals surface area contributed by atoms with Gasteiger partial charge in [0.05, 0.1) is 6.33 Å². The molecule has 0 saturated carbocycles. The minimum Gasteiger partial charge on any atom is -0.374 e. The van der Waals surface area contributed by atoms with Gasteiger partial charge in [-0.2, -0.15) is 0 Å². The lowest BCUT2D eigenvalue weighted by Crippen LogP contribution is -2.12. The number of imidazole rings is 1. The molecule has 2 aromatic heterocycles. The molecule has 0 amide bonds. The first kappa shape index (κ1) is 15.0. The van der Waals surface area contributed by atoms with Gasteiger partial charge in [0.15, 0.2) is 4.34 Å². The Morgan fingerprint density at radius 2 is 2.23 bits per heavy atom. The van der Waals surface area contributed by atoms with E-state index in [2.05, 4.69) is 39.6 Å². The van der Waals surface area contributed by atoms with Crippen LogP contribution in [0.5, 0.6) is 0 Å². The molecule has 0 radical (unpaired) electrons. The number of benzene rings is 1. The number of nitrogens with zero attached hydrogens (tertiary/aromatic N) is 4. The van der Waals surface area contributed by atoms with Crippen molar-refractivity contribution in [3.8, 4) is 5.69 Å². The van der Waals surface area contributed by atoms with Crippen molar-refractivity contribution in [3.05, 3.63) is 42.5 Å². The van der Waals surface area contributed by atoms with E-state index in [4.69, 9.17) is 0 Å². The molecule has 0 aliphatic heterocycles. The Hall–Kier alpha value is -1.90. The van der Waals surface area contributed by atoms with Crippen LogP contribution in [0.25, 0.3) is 5.69 Å². The molecule has 6 nitrogen and oxygen atoms in total. The van der Waals surface area contributed by atoms with Gasteiger partial charge in [0, 0.05) is 23.0 Å². The first-order valence-corrected chi connectivity index (χ1v) is 8.30. The molecule has 1 unspecified atom stereocenters. The number of hydrogen-bond donors (Lipinski definition) is 2. The van der Waals surface area contributed by atoms with Gasteiger partial charge in [-0.1, -0.05) is 23.1 Å². The van der Waals surface area contributed by atoms with Gasteiger partial charge >= 0.3 is 0 Å². The predicted molar refractivity (Wildman–Crippen MR) is 87.6 cm³/mol. The van der Waals surface area contributed by atoms with E-state index in [1.54, 1.807) is 31.2 Å². The van der Waals surface area contributed by atoms with Crippen LogP contribution in [0.3, 0.4) is 0 Å². The summed E-state index contributed by atoms with van der Waals surface area (Å²) in [6.45, 7) is 3.71. The molecule has 0 spiro atoms. The molecule has 22 heavy (non-hydrogen) atoms. The monoisotopic (exact) mass is 333 g/mol. The third kappa shape index (κ3) is 3.46. The molecule has 114 valence electrons. The number of nitrogens with one attached hydrogen (secondary N) is 1. The first-order chi connectivity index (χ1) is 10.6. The fourth-order valence-corrected chi connectivity index (χ4v) is 3.76. The van der Waals surface area contributed by atoms with Crippen molar-refractivity contribution < 1.29 is 5.11 Å². The zero-order valence-electron chi connectivity index (χ0n) is 12.1. The molecule has 3 aromatic rings. The van der Waals surface area contributed by atoms with Gasteiger partial charge < -0.3 is 15.0 Å². The second-order valence-corrected chi connectivity index (χ2v) is 6.98. The summed E-state index contributed by atoms with van der Waals surface area (Å²) in [7, 11) is 0. The van der Waals surface area contributed by atoms with Gasteiger partial charge in [-0.3, -0.25) is 0 Å². The van der Waals surface area contributed by atoms with Crippen molar-refractivity contribution in [3.63, 3.8) is 0 Å². The zero-order chi connectivity index (χ0) is 15.5. The molecule has 0 saturated heterocycles. The molecule has 0 bridgehead atoms. The van der Waals surface area contributed by atoms with Crippen molar-refractivity contribution in [1.29, 1.82) is 0 Å². The van der Waals surface area contributed by atoms with E-state index in [0.717, 1.165) is 20.5 Å². The highest BCUT2D eigenvalue weighted by atomic mass is 32.2. The van der Waals surface area contributed by atoms with Gasteiger partial charge in [-0.25, -0.2) is 4.98 Å². The van der Waals surface area contributed by atoms with E-state index < -0.39 is 6.23 Å². The quantitative estimate of drug-likeness (QED) is 0.699. The molecule has 0 aliphatic rings. The minimum atomic E-state index is -0.637. The molecular weight excluding hydrogens is 318 g/mol. The summed E-state index contributed by atoms with van der Waals surface area (Å²) in [5.74, 6) is 0. The van der Waals surface area contributed by atoms with Gasteiger partial charge in [0.1, 0.15) is 6.23 Å². The van der Waals surface area contributed by atoms with Crippen molar-refractivity contribution >= 4 is 28.2 Å². The Labute approximate surface area is 136 Å². The summed E-state index contributed by atoms with van der Waals surface area (Å²) in [6, 6.07) is 6.23. The lowest BCUT2D eigenvalue weighted by Gasteiger charge is -2.07. The average molecular weight is 333 g/mol. The Kier molecular flexibility index (Phi) is 4.41. The highest BCUT2D eigenvalue weighted by Crippen LogP contribution is 2.34. The fraction of sp³-hybridized carbons (Fsp3) is 0.214. The lowest BCUT2D eigenvalue weighted by molar-refractivity contribution is 0.224. The van der Waals surface area contributed by atoms with Crippen molar-refractivity contribution in [1.82, 2.24) is 19.7 Å². The maximum absolute atomic E-state index is 9.28. The zero-order valence-corrected chi connectivity index (χ0v) is 13.7. The Morgan fingerprint density at radius 3 is 2.91 bits per heavy atom. The molecule has 0 aliphatic carbocycles. The summed E-state index contributed by atoms with van der Waals surface area (Å²) in [5, 5.41) is 20.9. The Bertz CT molecular complexity index is 754. The molecular formula is C14H15N5OS2. The number of aliphatic hydroxyl groups is 1. The van der Waals surface area contributed by atoms with Gasteiger partial charge in [0.25, 0.3) is 0 Å². The number of rotatable bonds is 5. The van der Waals surface area contributed by atoms with Crippen LogP contribution in [0.4, 0.5) is 5.13 Å². The number of aryl methyl sites for hydroxylation is 1. The van der Waals surface area contributed by atoms with Crippen LogP contribution in [0.15, 0.2) is 46.2 Å². The fourth-order valence-electron chi connectivity index (χ4n) is 1.90. The smallest absolute Gasteiger partial charge is 0.208 e. The minimum absolute atomic E-state index is 0.616. The highest BCUT2D eigenvalue weighted by Gasteiger charge is 2.09. The highest BCUT2D eigenvalue weighted by molar-refractivity contribution is 8.01. The summed E-state index contributed by atoms with van der Waals surface area (Å²) in [5.41, 5.74) is 2.24. The maximum atomic E-state index is 9.28. The van der Waals surface area contributed by atoms with E-state index in [1.165, 1.54) is 11.3 Å². The standard InChI is InChI=1S/C14H15N5OS2/c1-9-7-11(19-6-5-15-8-19)3-4-12(9)21-14-18-17-13(22-14)16-10(2)20/h3-8,10,20H,1-2H3,(H,16,17). The van der Waals surface area contributed by atoms with Gasteiger partial charge in [-0.15, -0.1) is 10.2 Å². The summed E-state index contributed by atoms with van der Waals surface area (Å²) in [4.78, 5) is 5.19. The van der Waals surface area contributed by atoms with E-state index >= 15 is 0 Å². The topological polar surface area (TPSA) is 75.9 Å². The van der Waals surface area contributed by atoms with Crippen LogP contribution in [-0.4, -0.2) is 31.1 Å². The van der Waals surface area contributed by atoms with Crippen molar-refractivity contribution in [2.75, 3.05) is 5.32 Å². The van der Waals surface area contributed by atoms with E-state index in [-0.39, 0.29) is 0 Å². The lowest BCUT2D eigenvalue weighted by atomic mass is 10.2. The predicted octanol–water partition coefficient (Wildman–Crippen LogP) is 2.93. The van der Waals surface area contributed by atoms with Crippen molar-refractivity contribution in [2.45, 2.75) is 29.3 Å². The van der Waals surface area contributed by atoms with Crippen LogP contribution in [-0.2, 0) is 0 Å².